The van der Waals surface area contributed by atoms with Gasteiger partial charge in [-0.1, -0.05) is 11.8 Å². The number of hydrogen-bond donors (Lipinski definition) is 0. The third kappa shape index (κ3) is 6.47. The first-order valence-corrected chi connectivity index (χ1v) is 10.2. The molecular formula is C17H27N5O5S. The van der Waals surface area contributed by atoms with Crippen molar-refractivity contribution in [2.24, 2.45) is 7.05 Å². The maximum absolute atomic E-state index is 12.5. The van der Waals surface area contributed by atoms with Crippen LogP contribution in [0.5, 0.6) is 0 Å². The summed E-state index contributed by atoms with van der Waals surface area (Å²) in [6.45, 7) is 2.66. The fourth-order valence-electron chi connectivity index (χ4n) is 3.23. The lowest BCUT2D eigenvalue weighted by Gasteiger charge is -2.38. The van der Waals surface area contributed by atoms with Crippen LogP contribution in [0.3, 0.4) is 0 Å². The maximum atomic E-state index is 12.5. The molecule has 156 valence electrons. The Bertz CT molecular complexity index is 697. The van der Waals surface area contributed by atoms with Gasteiger partial charge < -0.3 is 14.4 Å². The van der Waals surface area contributed by atoms with Crippen molar-refractivity contribution in [1.82, 2.24) is 25.1 Å². The predicted octanol–water partition coefficient (Wildman–Crippen LogP) is 0.957. The number of carbonyl (C=O) groups excluding carboxylic acids is 3. The number of aryl methyl sites for hydroxylation is 1. The van der Waals surface area contributed by atoms with E-state index in [-0.39, 0.29) is 11.9 Å². The molecule has 1 saturated carbocycles. The molecule has 0 spiro atoms. The molecule has 1 amide bonds. The molecule has 0 N–H and O–H groups in total. The van der Waals surface area contributed by atoms with Crippen LogP contribution in [0.4, 0.5) is 0 Å². The highest BCUT2D eigenvalue weighted by molar-refractivity contribution is 7.99. The van der Waals surface area contributed by atoms with Gasteiger partial charge in [-0.15, -0.1) is 5.10 Å². The van der Waals surface area contributed by atoms with Crippen molar-refractivity contribution < 1.29 is 23.9 Å². The van der Waals surface area contributed by atoms with Crippen molar-refractivity contribution in [3.05, 3.63) is 0 Å². The molecule has 1 aromatic rings. The number of hydrogen-bond acceptors (Lipinski definition) is 9. The molecule has 1 fully saturated rings. The van der Waals surface area contributed by atoms with Crippen molar-refractivity contribution in [2.45, 2.75) is 69.4 Å². The van der Waals surface area contributed by atoms with E-state index in [4.69, 9.17) is 9.47 Å². The van der Waals surface area contributed by atoms with Crippen LogP contribution in [0.1, 0.15) is 46.0 Å². The van der Waals surface area contributed by atoms with Crippen molar-refractivity contribution in [3.8, 4) is 0 Å². The van der Waals surface area contributed by atoms with Crippen LogP contribution in [-0.2, 0) is 30.9 Å². The zero-order valence-corrected chi connectivity index (χ0v) is 17.5. The molecule has 1 aliphatic rings. The van der Waals surface area contributed by atoms with Gasteiger partial charge in [-0.25, -0.2) is 4.68 Å². The number of ether oxygens (including phenoxy) is 2. The first-order valence-electron chi connectivity index (χ1n) is 9.23. The van der Waals surface area contributed by atoms with Crippen LogP contribution < -0.4 is 0 Å². The number of esters is 2. The molecule has 3 unspecified atom stereocenters. The van der Waals surface area contributed by atoms with E-state index in [1.54, 1.807) is 23.7 Å². The minimum Gasteiger partial charge on any atom is -0.459 e. The predicted molar refractivity (Wildman–Crippen MR) is 100 cm³/mol. The van der Waals surface area contributed by atoms with Crippen molar-refractivity contribution >= 4 is 29.6 Å². The van der Waals surface area contributed by atoms with Crippen LogP contribution in [0.2, 0.25) is 0 Å². The van der Waals surface area contributed by atoms with E-state index in [1.165, 1.54) is 25.6 Å². The maximum Gasteiger partial charge on any atom is 0.303 e. The van der Waals surface area contributed by atoms with Gasteiger partial charge in [0.05, 0.1) is 0 Å². The average molecular weight is 414 g/mol. The van der Waals surface area contributed by atoms with Crippen molar-refractivity contribution in [1.29, 1.82) is 0 Å². The molecule has 0 bridgehead atoms. The van der Waals surface area contributed by atoms with Gasteiger partial charge in [0.25, 0.3) is 0 Å². The number of carbonyl (C=O) groups is 3. The highest BCUT2D eigenvalue weighted by atomic mass is 32.2. The van der Waals surface area contributed by atoms with Gasteiger partial charge in [0.2, 0.25) is 11.1 Å². The van der Waals surface area contributed by atoms with Crippen LogP contribution in [-0.4, -0.2) is 74.0 Å². The molecule has 1 aliphatic carbocycles. The normalized spacial score (nSPS) is 21.8. The van der Waals surface area contributed by atoms with E-state index in [9.17, 15) is 14.4 Å². The Morgan fingerprint density at radius 2 is 1.86 bits per heavy atom. The summed E-state index contributed by atoms with van der Waals surface area (Å²) in [6.07, 6.45) is 1.82. The SMILES string of the molecule is CC(=O)OC1CCC(N(C)C(=O)CCCSc2nnnn2C)CC1OC(C)=O. The minimum atomic E-state index is -0.533. The highest BCUT2D eigenvalue weighted by Gasteiger charge is 2.37. The van der Waals surface area contributed by atoms with Crippen LogP contribution >= 0.6 is 11.8 Å². The lowest BCUT2D eigenvalue weighted by Crippen LogP contribution is -2.48. The monoisotopic (exact) mass is 413 g/mol. The van der Waals surface area contributed by atoms with Crippen molar-refractivity contribution in [3.63, 3.8) is 0 Å². The Balaban J connectivity index is 1.82. The summed E-state index contributed by atoms with van der Waals surface area (Å²) < 4.78 is 12.2. The number of amides is 1. The summed E-state index contributed by atoms with van der Waals surface area (Å²) in [7, 11) is 3.54. The first kappa shape index (κ1) is 22.1. The molecule has 1 aromatic heterocycles. The van der Waals surface area contributed by atoms with Gasteiger partial charge in [0.1, 0.15) is 12.2 Å². The van der Waals surface area contributed by atoms with Gasteiger partial charge in [-0.3, -0.25) is 14.4 Å². The molecular weight excluding hydrogens is 386 g/mol. The molecule has 0 radical (unpaired) electrons. The van der Waals surface area contributed by atoms with E-state index >= 15 is 0 Å². The largest absolute Gasteiger partial charge is 0.459 e. The minimum absolute atomic E-state index is 0.0363. The smallest absolute Gasteiger partial charge is 0.303 e. The fraction of sp³-hybridized carbons (Fsp3) is 0.765. The van der Waals surface area contributed by atoms with Crippen LogP contribution in [0.25, 0.3) is 0 Å². The summed E-state index contributed by atoms with van der Waals surface area (Å²) in [4.78, 5) is 36.9. The van der Waals surface area contributed by atoms with E-state index < -0.39 is 24.1 Å². The Morgan fingerprint density at radius 3 is 2.46 bits per heavy atom. The molecule has 11 heteroatoms. The Morgan fingerprint density at radius 1 is 1.18 bits per heavy atom. The van der Waals surface area contributed by atoms with Gasteiger partial charge >= 0.3 is 11.9 Å². The molecule has 10 nitrogen and oxygen atoms in total. The number of tetrazole rings is 1. The van der Waals surface area contributed by atoms with Crippen LogP contribution in [0.15, 0.2) is 5.16 Å². The summed E-state index contributed by atoms with van der Waals surface area (Å²) in [5, 5.41) is 11.9. The first-order chi connectivity index (χ1) is 13.3. The summed E-state index contributed by atoms with van der Waals surface area (Å²) >= 11 is 1.51. The molecule has 28 heavy (non-hydrogen) atoms. The topological polar surface area (TPSA) is 117 Å². The van der Waals surface area contributed by atoms with Crippen LogP contribution in [0, 0.1) is 0 Å². The summed E-state index contributed by atoms with van der Waals surface area (Å²) in [5.41, 5.74) is 0. The van der Waals surface area contributed by atoms with E-state index in [1.807, 2.05) is 0 Å². The van der Waals surface area contributed by atoms with Crippen molar-refractivity contribution in [2.75, 3.05) is 12.8 Å². The second-order valence-electron chi connectivity index (χ2n) is 6.80. The molecule has 0 aliphatic heterocycles. The Kier molecular flexibility index (Phi) is 8.21. The Labute approximate surface area is 168 Å². The summed E-state index contributed by atoms with van der Waals surface area (Å²) in [5.74, 6) is -0.0507. The third-order valence-corrected chi connectivity index (χ3v) is 5.72. The third-order valence-electron chi connectivity index (χ3n) is 4.63. The fourth-order valence-corrected chi connectivity index (χ4v) is 4.02. The number of thioether (sulfide) groups is 1. The quantitative estimate of drug-likeness (QED) is 0.349. The number of aromatic nitrogens is 4. The molecule has 1 heterocycles. The molecule has 0 aromatic carbocycles. The lowest BCUT2D eigenvalue weighted by atomic mass is 9.89. The Hall–Kier alpha value is -2.17. The van der Waals surface area contributed by atoms with Gasteiger partial charge in [-0.05, 0) is 29.7 Å². The number of nitrogens with zero attached hydrogens (tertiary/aromatic N) is 5. The molecule has 0 saturated heterocycles. The average Bonchev–Trinajstić information content (AvgIpc) is 3.03. The zero-order valence-electron chi connectivity index (χ0n) is 16.7. The second kappa shape index (κ2) is 10.4. The van der Waals surface area contributed by atoms with E-state index in [0.717, 1.165) is 5.75 Å². The van der Waals surface area contributed by atoms with Gasteiger partial charge in [-0.2, -0.15) is 0 Å². The number of rotatable bonds is 8. The molecule has 3 atom stereocenters. The van der Waals surface area contributed by atoms with E-state index in [2.05, 4.69) is 15.5 Å². The lowest BCUT2D eigenvalue weighted by molar-refractivity contribution is -0.171. The van der Waals surface area contributed by atoms with Gasteiger partial charge in [0, 0.05) is 52.6 Å². The zero-order chi connectivity index (χ0) is 20.7. The van der Waals surface area contributed by atoms with E-state index in [0.29, 0.717) is 37.3 Å². The van der Waals surface area contributed by atoms with Gasteiger partial charge in [0.15, 0.2) is 0 Å². The molecule has 2 rings (SSSR count). The highest BCUT2D eigenvalue weighted by Crippen LogP contribution is 2.28. The second-order valence-corrected chi connectivity index (χ2v) is 7.87. The standard InChI is InChI=1S/C17H27N5O5S/c1-11(23)26-14-8-7-13(10-15(14)27-12(2)24)21(3)16(25)6-5-9-28-17-18-19-20-22(17)4/h13-15H,5-10H2,1-4H3. The summed E-state index contributed by atoms with van der Waals surface area (Å²) in [6, 6.07) is -0.0562.